The Kier molecular flexibility index (Phi) is 3.85. The van der Waals surface area contributed by atoms with Gasteiger partial charge in [0, 0.05) is 28.0 Å². The number of nitrogen functional groups attached to an aromatic ring is 1. The van der Waals surface area contributed by atoms with Crippen LogP contribution in [-0.4, -0.2) is 14.6 Å². The molecule has 2 N–H and O–H groups in total. The fraction of sp³-hybridized carbons (Fsp3) is 0. The third-order valence-electron chi connectivity index (χ3n) is 3.60. The average molecular weight is 399 g/mol. The van der Waals surface area contributed by atoms with E-state index in [2.05, 4.69) is 26.0 Å². The molecule has 0 aliphatic carbocycles. The summed E-state index contributed by atoms with van der Waals surface area (Å²) in [6, 6.07) is 15.5. The van der Waals surface area contributed by atoms with Gasteiger partial charge >= 0.3 is 0 Å². The highest BCUT2D eigenvalue weighted by Crippen LogP contribution is 2.30. The van der Waals surface area contributed by atoms with Crippen LogP contribution in [0.4, 0.5) is 10.1 Å². The van der Waals surface area contributed by atoms with E-state index in [1.54, 1.807) is 22.8 Å². The highest BCUT2D eigenvalue weighted by Gasteiger charge is 2.14. The quantitative estimate of drug-likeness (QED) is 0.509. The first-order valence-corrected chi connectivity index (χ1v) is 8.24. The van der Waals surface area contributed by atoms with E-state index < -0.39 is 5.82 Å². The zero-order valence-corrected chi connectivity index (χ0v) is 14.4. The maximum atomic E-state index is 14.1. The maximum Gasteiger partial charge on any atom is 0.247 e. The molecule has 2 heterocycles. The molecule has 0 spiro atoms. The smallest absolute Gasteiger partial charge is 0.247 e. The van der Waals surface area contributed by atoms with E-state index in [4.69, 9.17) is 10.5 Å². The fourth-order valence-corrected chi connectivity index (χ4v) is 2.83. The number of ether oxygens (including phenoxy) is 1. The topological polar surface area (TPSA) is 65.4 Å². The van der Waals surface area contributed by atoms with Crippen molar-refractivity contribution in [1.82, 2.24) is 14.6 Å². The second kappa shape index (κ2) is 6.18. The molecule has 2 aromatic carbocycles. The summed E-state index contributed by atoms with van der Waals surface area (Å²) in [6.07, 6.45) is 1.78. The molecule has 0 aliphatic heterocycles. The molecule has 0 fully saturated rings. The van der Waals surface area contributed by atoms with Crippen LogP contribution in [0.5, 0.6) is 11.6 Å². The molecule has 0 bridgehead atoms. The van der Waals surface area contributed by atoms with Gasteiger partial charge < -0.3 is 10.5 Å². The lowest BCUT2D eigenvalue weighted by Crippen LogP contribution is -2.01. The molecule has 0 atom stereocenters. The summed E-state index contributed by atoms with van der Waals surface area (Å²) in [5, 5.41) is 4.48. The van der Waals surface area contributed by atoms with Crippen LogP contribution in [-0.2, 0) is 0 Å². The van der Waals surface area contributed by atoms with Crippen molar-refractivity contribution >= 4 is 27.1 Å². The van der Waals surface area contributed by atoms with Gasteiger partial charge in [-0.3, -0.25) is 0 Å². The van der Waals surface area contributed by atoms with Crippen LogP contribution >= 0.6 is 15.9 Å². The van der Waals surface area contributed by atoms with Gasteiger partial charge in [-0.05, 0) is 36.4 Å². The first kappa shape index (κ1) is 15.6. The third-order valence-corrected chi connectivity index (χ3v) is 4.10. The van der Waals surface area contributed by atoms with E-state index in [1.807, 2.05) is 30.3 Å². The zero-order chi connectivity index (χ0) is 17.4. The van der Waals surface area contributed by atoms with E-state index in [0.717, 1.165) is 10.0 Å². The van der Waals surface area contributed by atoms with Crippen LogP contribution in [0.2, 0.25) is 0 Å². The Hall–Kier alpha value is -2.93. The van der Waals surface area contributed by atoms with Crippen LogP contribution in [0.25, 0.3) is 16.9 Å². The van der Waals surface area contributed by atoms with E-state index in [-0.39, 0.29) is 11.6 Å². The summed E-state index contributed by atoms with van der Waals surface area (Å²) in [5.41, 5.74) is 7.36. The number of aromatic nitrogens is 3. The number of benzene rings is 2. The highest BCUT2D eigenvalue weighted by atomic mass is 79.9. The van der Waals surface area contributed by atoms with Crippen molar-refractivity contribution in [2.45, 2.75) is 0 Å². The number of rotatable bonds is 3. The summed E-state index contributed by atoms with van der Waals surface area (Å²) in [7, 11) is 0. The van der Waals surface area contributed by atoms with Crippen molar-refractivity contribution in [1.29, 1.82) is 0 Å². The Morgan fingerprint density at radius 1 is 1.08 bits per heavy atom. The Labute approximate surface area is 151 Å². The molecule has 4 rings (SSSR count). The van der Waals surface area contributed by atoms with Crippen molar-refractivity contribution in [3.63, 3.8) is 0 Å². The monoisotopic (exact) mass is 398 g/mol. The summed E-state index contributed by atoms with van der Waals surface area (Å²) < 4.78 is 22.3. The van der Waals surface area contributed by atoms with E-state index in [1.165, 1.54) is 12.1 Å². The van der Waals surface area contributed by atoms with Gasteiger partial charge in [0.05, 0.1) is 0 Å². The van der Waals surface area contributed by atoms with Crippen molar-refractivity contribution in [3.8, 4) is 23.0 Å². The van der Waals surface area contributed by atoms with Gasteiger partial charge in [0.15, 0.2) is 17.4 Å². The van der Waals surface area contributed by atoms with Gasteiger partial charge in [-0.25, -0.2) is 8.91 Å². The number of hydrogen-bond donors (Lipinski definition) is 1. The second-order valence-electron chi connectivity index (χ2n) is 5.38. The van der Waals surface area contributed by atoms with E-state index in [9.17, 15) is 4.39 Å². The standard InChI is InChI=1S/C18H12BrFN4O/c19-12-4-1-3-11(9-12)17-22-18(15-5-2-8-24(15)23-17)25-16-7-6-13(21)10-14(16)20/h1-10H,21H2. The van der Waals surface area contributed by atoms with Gasteiger partial charge in [0.2, 0.25) is 5.88 Å². The van der Waals surface area contributed by atoms with E-state index >= 15 is 0 Å². The number of nitrogens with two attached hydrogens (primary N) is 1. The number of nitrogens with zero attached hydrogens (tertiary/aromatic N) is 3. The molecule has 7 heteroatoms. The molecule has 0 saturated heterocycles. The van der Waals surface area contributed by atoms with Crippen LogP contribution < -0.4 is 10.5 Å². The summed E-state index contributed by atoms with van der Waals surface area (Å²) in [5.74, 6) is 0.234. The largest absolute Gasteiger partial charge is 0.434 e. The third kappa shape index (κ3) is 3.06. The number of fused-ring (bicyclic) bond motifs is 1. The van der Waals surface area contributed by atoms with Crippen LogP contribution in [0.3, 0.4) is 0 Å². The van der Waals surface area contributed by atoms with Crippen LogP contribution in [0.1, 0.15) is 0 Å². The van der Waals surface area contributed by atoms with Crippen molar-refractivity contribution in [3.05, 3.63) is 71.1 Å². The first-order valence-electron chi connectivity index (χ1n) is 7.44. The van der Waals surface area contributed by atoms with Crippen LogP contribution in [0, 0.1) is 5.82 Å². The number of anilines is 1. The first-order chi connectivity index (χ1) is 12.1. The highest BCUT2D eigenvalue weighted by molar-refractivity contribution is 9.10. The molecule has 25 heavy (non-hydrogen) atoms. The molecular weight excluding hydrogens is 387 g/mol. The van der Waals surface area contributed by atoms with E-state index in [0.29, 0.717) is 17.0 Å². The molecule has 0 radical (unpaired) electrons. The molecule has 0 amide bonds. The summed E-state index contributed by atoms with van der Waals surface area (Å²) in [6.45, 7) is 0. The maximum absolute atomic E-state index is 14.1. The summed E-state index contributed by atoms with van der Waals surface area (Å²) >= 11 is 3.44. The second-order valence-corrected chi connectivity index (χ2v) is 6.30. The Morgan fingerprint density at radius 3 is 2.76 bits per heavy atom. The van der Waals surface area contributed by atoms with Crippen molar-refractivity contribution in [2.75, 3.05) is 5.73 Å². The average Bonchev–Trinajstić information content (AvgIpc) is 3.06. The van der Waals surface area contributed by atoms with Crippen LogP contribution in [0.15, 0.2) is 65.3 Å². The summed E-state index contributed by atoms with van der Waals surface area (Å²) in [4.78, 5) is 4.47. The molecular formula is C18H12BrFN4O. The molecule has 4 aromatic rings. The number of hydrogen-bond acceptors (Lipinski definition) is 4. The lowest BCUT2D eigenvalue weighted by atomic mass is 10.2. The predicted molar refractivity (Wildman–Crippen MR) is 97.0 cm³/mol. The Morgan fingerprint density at radius 2 is 1.96 bits per heavy atom. The molecule has 124 valence electrons. The van der Waals surface area contributed by atoms with Crippen molar-refractivity contribution in [2.24, 2.45) is 0 Å². The minimum absolute atomic E-state index is 0.0520. The fourth-order valence-electron chi connectivity index (χ4n) is 2.44. The number of halogens is 2. The lowest BCUT2D eigenvalue weighted by molar-refractivity contribution is 0.429. The SMILES string of the molecule is Nc1ccc(Oc2nc(-c3cccc(Br)c3)nn3cccc23)c(F)c1. The molecule has 0 unspecified atom stereocenters. The van der Waals surface area contributed by atoms with Gasteiger partial charge in [0.1, 0.15) is 5.52 Å². The lowest BCUT2D eigenvalue weighted by Gasteiger charge is -2.10. The minimum atomic E-state index is -0.549. The Balaban J connectivity index is 1.83. The molecule has 5 nitrogen and oxygen atoms in total. The normalized spacial score (nSPS) is 11.0. The van der Waals surface area contributed by atoms with Crippen molar-refractivity contribution < 1.29 is 9.13 Å². The minimum Gasteiger partial charge on any atom is -0.434 e. The Bertz CT molecular complexity index is 1080. The molecule has 0 saturated carbocycles. The van der Waals surface area contributed by atoms with Gasteiger partial charge in [-0.15, -0.1) is 5.10 Å². The zero-order valence-electron chi connectivity index (χ0n) is 12.9. The molecule has 2 aromatic heterocycles. The van der Waals surface area contributed by atoms with Gasteiger partial charge in [-0.2, -0.15) is 4.98 Å². The predicted octanol–water partition coefficient (Wildman–Crippen LogP) is 4.67. The molecule has 0 aliphatic rings. The van der Waals surface area contributed by atoms with Gasteiger partial charge in [-0.1, -0.05) is 28.1 Å². The van der Waals surface area contributed by atoms with Gasteiger partial charge in [0.25, 0.3) is 0 Å².